The van der Waals surface area contributed by atoms with Crippen LogP contribution in [0.1, 0.15) is 26.3 Å². The highest BCUT2D eigenvalue weighted by molar-refractivity contribution is 5.96. The number of nitrogens with zero attached hydrogens (tertiary/aromatic N) is 1. The van der Waals surface area contributed by atoms with Gasteiger partial charge >= 0.3 is 6.09 Å². The first-order valence-electron chi connectivity index (χ1n) is 7.02. The second kappa shape index (κ2) is 6.00. The first kappa shape index (κ1) is 15.1. The lowest BCUT2D eigenvalue weighted by molar-refractivity contribution is 0.0599. The fourth-order valence-corrected chi connectivity index (χ4v) is 1.94. The molecule has 0 saturated carbocycles. The van der Waals surface area contributed by atoms with Crippen LogP contribution in [0.4, 0.5) is 16.2 Å². The maximum Gasteiger partial charge on any atom is 0.419 e. The molecule has 0 unspecified atom stereocenters. The highest BCUT2D eigenvalue weighted by Crippen LogP contribution is 2.27. The Morgan fingerprint density at radius 1 is 0.905 bits per heavy atom. The van der Waals surface area contributed by atoms with E-state index in [4.69, 9.17) is 4.74 Å². The summed E-state index contributed by atoms with van der Waals surface area (Å²) < 4.78 is 5.53. The number of ether oxygens (including phenoxy) is 1. The highest BCUT2D eigenvalue weighted by atomic mass is 16.6. The number of anilines is 2. The van der Waals surface area contributed by atoms with Crippen molar-refractivity contribution >= 4 is 17.5 Å². The molecular formula is C18H21NO2. The van der Waals surface area contributed by atoms with Crippen LogP contribution in [0.25, 0.3) is 0 Å². The Bertz CT molecular complexity index is 597. The van der Waals surface area contributed by atoms with E-state index in [1.807, 2.05) is 82.3 Å². The van der Waals surface area contributed by atoms with Crippen molar-refractivity contribution in [3.05, 3.63) is 60.2 Å². The quantitative estimate of drug-likeness (QED) is 0.770. The van der Waals surface area contributed by atoms with Crippen LogP contribution in [0.2, 0.25) is 0 Å². The van der Waals surface area contributed by atoms with Gasteiger partial charge in [0.05, 0.1) is 11.4 Å². The molecule has 0 aliphatic carbocycles. The number of hydrogen-bond donors (Lipinski definition) is 0. The van der Waals surface area contributed by atoms with Crippen molar-refractivity contribution in [3.8, 4) is 0 Å². The second-order valence-electron chi connectivity index (χ2n) is 5.99. The Balaban J connectivity index is 2.40. The van der Waals surface area contributed by atoms with Gasteiger partial charge in [0, 0.05) is 0 Å². The van der Waals surface area contributed by atoms with Gasteiger partial charge in [0.15, 0.2) is 0 Å². The van der Waals surface area contributed by atoms with Crippen LogP contribution in [0.3, 0.4) is 0 Å². The van der Waals surface area contributed by atoms with Crippen molar-refractivity contribution in [1.29, 1.82) is 0 Å². The van der Waals surface area contributed by atoms with Gasteiger partial charge in [-0.1, -0.05) is 35.9 Å². The van der Waals surface area contributed by atoms with Crippen LogP contribution in [0, 0.1) is 6.92 Å². The normalized spacial score (nSPS) is 11.0. The summed E-state index contributed by atoms with van der Waals surface area (Å²) in [5.41, 5.74) is 2.20. The van der Waals surface area contributed by atoms with Gasteiger partial charge in [-0.3, -0.25) is 0 Å². The van der Waals surface area contributed by atoms with E-state index in [0.717, 1.165) is 16.9 Å². The SMILES string of the molecule is Cc1ccc(N(C(=O)OC(C)(C)C)c2ccccc2)cc1. The van der Waals surface area contributed by atoms with Crippen molar-refractivity contribution in [1.82, 2.24) is 0 Å². The summed E-state index contributed by atoms with van der Waals surface area (Å²) in [6.45, 7) is 7.61. The van der Waals surface area contributed by atoms with E-state index < -0.39 is 5.60 Å². The highest BCUT2D eigenvalue weighted by Gasteiger charge is 2.24. The summed E-state index contributed by atoms with van der Waals surface area (Å²) in [5, 5.41) is 0. The molecule has 0 N–H and O–H groups in total. The molecule has 0 atom stereocenters. The average molecular weight is 283 g/mol. The Morgan fingerprint density at radius 3 is 1.95 bits per heavy atom. The third-order valence-corrected chi connectivity index (χ3v) is 2.88. The van der Waals surface area contributed by atoms with Gasteiger partial charge in [0.2, 0.25) is 0 Å². The van der Waals surface area contributed by atoms with Crippen LogP contribution in [0.15, 0.2) is 54.6 Å². The topological polar surface area (TPSA) is 29.5 Å². The molecule has 3 heteroatoms. The first-order chi connectivity index (χ1) is 9.87. The van der Waals surface area contributed by atoms with Crippen LogP contribution in [-0.4, -0.2) is 11.7 Å². The first-order valence-corrected chi connectivity index (χ1v) is 7.02. The largest absolute Gasteiger partial charge is 0.443 e. The minimum absolute atomic E-state index is 0.377. The Hall–Kier alpha value is -2.29. The monoisotopic (exact) mass is 283 g/mol. The molecule has 0 spiro atoms. The second-order valence-corrected chi connectivity index (χ2v) is 5.99. The summed E-state index contributed by atoms with van der Waals surface area (Å²) in [5.74, 6) is 0. The van der Waals surface area contributed by atoms with Crippen molar-refractivity contribution < 1.29 is 9.53 Å². The number of carbonyl (C=O) groups is 1. The molecule has 1 amide bonds. The van der Waals surface area contributed by atoms with Gasteiger partial charge in [-0.25, -0.2) is 9.69 Å². The predicted molar refractivity (Wildman–Crippen MR) is 86.0 cm³/mol. The number of aryl methyl sites for hydroxylation is 1. The Labute approximate surface area is 126 Å². The fraction of sp³-hybridized carbons (Fsp3) is 0.278. The zero-order chi connectivity index (χ0) is 15.5. The van der Waals surface area contributed by atoms with Gasteiger partial charge in [0.1, 0.15) is 5.60 Å². The van der Waals surface area contributed by atoms with Crippen LogP contribution >= 0.6 is 0 Å². The molecule has 0 heterocycles. The molecule has 0 aliphatic heterocycles. The third-order valence-electron chi connectivity index (χ3n) is 2.88. The molecule has 2 aromatic rings. The molecule has 0 aromatic heterocycles. The fourth-order valence-electron chi connectivity index (χ4n) is 1.94. The lowest BCUT2D eigenvalue weighted by Crippen LogP contribution is -2.33. The summed E-state index contributed by atoms with van der Waals surface area (Å²) in [6, 6.07) is 17.3. The molecule has 0 saturated heterocycles. The summed E-state index contributed by atoms with van der Waals surface area (Å²) >= 11 is 0. The van der Waals surface area contributed by atoms with E-state index >= 15 is 0 Å². The van der Waals surface area contributed by atoms with Gasteiger partial charge in [-0.2, -0.15) is 0 Å². The third kappa shape index (κ3) is 4.09. The van der Waals surface area contributed by atoms with Crippen molar-refractivity contribution in [3.63, 3.8) is 0 Å². The average Bonchev–Trinajstić information content (AvgIpc) is 2.40. The van der Waals surface area contributed by atoms with Gasteiger partial charge in [-0.05, 0) is 52.0 Å². The molecule has 0 radical (unpaired) electrons. The van der Waals surface area contributed by atoms with Crippen LogP contribution in [-0.2, 0) is 4.74 Å². The van der Waals surface area contributed by atoms with E-state index in [2.05, 4.69) is 0 Å². The van der Waals surface area contributed by atoms with E-state index in [0.29, 0.717) is 0 Å². The van der Waals surface area contributed by atoms with Crippen LogP contribution in [0.5, 0.6) is 0 Å². The number of amides is 1. The van der Waals surface area contributed by atoms with Crippen molar-refractivity contribution in [2.24, 2.45) is 0 Å². The zero-order valence-electron chi connectivity index (χ0n) is 13.0. The van der Waals surface area contributed by atoms with E-state index in [9.17, 15) is 4.79 Å². The summed E-state index contributed by atoms with van der Waals surface area (Å²) in [6.07, 6.45) is -0.377. The molecule has 3 nitrogen and oxygen atoms in total. The van der Waals surface area contributed by atoms with Crippen LogP contribution < -0.4 is 4.90 Å². The van der Waals surface area contributed by atoms with Gasteiger partial charge < -0.3 is 4.74 Å². The number of rotatable bonds is 2. The predicted octanol–water partition coefficient (Wildman–Crippen LogP) is 5.07. The van der Waals surface area contributed by atoms with E-state index in [-0.39, 0.29) is 6.09 Å². The lowest BCUT2D eigenvalue weighted by Gasteiger charge is -2.27. The van der Waals surface area contributed by atoms with Crippen molar-refractivity contribution in [2.75, 3.05) is 4.90 Å². The van der Waals surface area contributed by atoms with E-state index in [1.54, 1.807) is 4.90 Å². The molecule has 2 aromatic carbocycles. The Morgan fingerprint density at radius 2 is 1.43 bits per heavy atom. The number of hydrogen-bond acceptors (Lipinski definition) is 2. The standard InChI is InChI=1S/C18H21NO2/c1-14-10-12-16(13-11-14)19(15-8-6-5-7-9-15)17(20)21-18(2,3)4/h5-13H,1-4H3. The molecule has 0 aliphatic rings. The summed E-state index contributed by atoms with van der Waals surface area (Å²) in [4.78, 5) is 14.1. The maximum absolute atomic E-state index is 12.5. The zero-order valence-corrected chi connectivity index (χ0v) is 13.0. The minimum Gasteiger partial charge on any atom is -0.443 e. The molecule has 0 bridgehead atoms. The molecule has 110 valence electrons. The number of para-hydroxylation sites is 1. The molecular weight excluding hydrogens is 262 g/mol. The molecule has 21 heavy (non-hydrogen) atoms. The molecule has 2 rings (SSSR count). The number of benzene rings is 2. The van der Waals surface area contributed by atoms with E-state index in [1.165, 1.54) is 0 Å². The van der Waals surface area contributed by atoms with Gasteiger partial charge in [-0.15, -0.1) is 0 Å². The Kier molecular flexibility index (Phi) is 4.32. The summed E-state index contributed by atoms with van der Waals surface area (Å²) in [7, 11) is 0. The lowest BCUT2D eigenvalue weighted by atomic mass is 10.2. The number of carbonyl (C=O) groups excluding carboxylic acids is 1. The molecule has 0 fully saturated rings. The van der Waals surface area contributed by atoms with Gasteiger partial charge in [0.25, 0.3) is 0 Å². The smallest absolute Gasteiger partial charge is 0.419 e. The maximum atomic E-state index is 12.5. The van der Waals surface area contributed by atoms with Crippen molar-refractivity contribution in [2.45, 2.75) is 33.3 Å². The minimum atomic E-state index is -0.533.